The first-order valence-electron chi connectivity index (χ1n) is 7.98. The van der Waals surface area contributed by atoms with Crippen molar-refractivity contribution in [3.63, 3.8) is 0 Å². The molecule has 2 aromatic rings. The number of nitro benzene ring substituents is 1. The van der Waals surface area contributed by atoms with Crippen molar-refractivity contribution in [3.05, 3.63) is 39.9 Å². The predicted octanol–water partition coefficient (Wildman–Crippen LogP) is 2.55. The smallest absolute Gasteiger partial charge is 0.270 e. The van der Waals surface area contributed by atoms with Crippen LogP contribution in [0.2, 0.25) is 0 Å². The molecule has 0 spiro atoms. The molecule has 3 rings (SSSR count). The van der Waals surface area contributed by atoms with Crippen molar-refractivity contribution < 1.29 is 4.92 Å². The van der Waals surface area contributed by atoms with Gasteiger partial charge < -0.3 is 9.80 Å². The van der Waals surface area contributed by atoms with Crippen LogP contribution in [0.3, 0.4) is 0 Å². The number of likely N-dealkylation sites (N-methyl/N-ethyl adjacent to an activating group) is 1. The molecule has 7 nitrogen and oxygen atoms in total. The number of aromatic nitrogens is 1. The van der Waals surface area contributed by atoms with Crippen molar-refractivity contribution in [2.45, 2.75) is 19.4 Å². The lowest BCUT2D eigenvalue weighted by atomic mass is 10.1. The number of fused-ring (bicyclic) bond motifs is 1. The summed E-state index contributed by atoms with van der Waals surface area (Å²) in [6.45, 7) is 4.90. The van der Waals surface area contributed by atoms with E-state index in [4.69, 9.17) is 0 Å². The molecule has 1 fully saturated rings. The number of non-ortho nitro benzene ring substituents is 1. The van der Waals surface area contributed by atoms with Crippen molar-refractivity contribution in [2.24, 2.45) is 0 Å². The second kappa shape index (κ2) is 6.42. The molecule has 0 amide bonds. The number of hydrogen-bond acceptors (Lipinski definition) is 6. The molecular weight excluding hydrogens is 306 g/mol. The molecule has 1 aliphatic heterocycles. The van der Waals surface area contributed by atoms with Crippen LogP contribution in [0.1, 0.15) is 18.9 Å². The molecule has 0 N–H and O–H groups in total. The van der Waals surface area contributed by atoms with E-state index in [2.05, 4.69) is 34.8 Å². The molecule has 124 valence electrons. The van der Waals surface area contributed by atoms with Gasteiger partial charge in [-0.1, -0.05) is 6.92 Å². The van der Waals surface area contributed by atoms with Crippen LogP contribution in [0.5, 0.6) is 0 Å². The van der Waals surface area contributed by atoms with E-state index in [1.165, 1.54) is 12.1 Å². The van der Waals surface area contributed by atoms with Crippen LogP contribution in [-0.4, -0.2) is 47.5 Å². The molecule has 1 aromatic carbocycles. The monoisotopic (exact) mass is 325 g/mol. The molecule has 2 heterocycles. The van der Waals surface area contributed by atoms with E-state index in [9.17, 15) is 15.4 Å². The summed E-state index contributed by atoms with van der Waals surface area (Å²) in [4.78, 5) is 19.6. The number of benzene rings is 1. The summed E-state index contributed by atoms with van der Waals surface area (Å²) >= 11 is 0. The molecule has 0 aliphatic carbocycles. The van der Waals surface area contributed by atoms with Crippen LogP contribution >= 0.6 is 0 Å². The molecular formula is C17H19N5O2. The zero-order valence-electron chi connectivity index (χ0n) is 13.8. The topological polar surface area (TPSA) is 86.3 Å². The predicted molar refractivity (Wildman–Crippen MR) is 92.0 cm³/mol. The number of nitriles is 1. The van der Waals surface area contributed by atoms with Gasteiger partial charge in [-0.15, -0.1) is 0 Å². The van der Waals surface area contributed by atoms with E-state index in [0.717, 1.165) is 31.9 Å². The Balaban J connectivity index is 1.98. The largest absolute Gasteiger partial charge is 0.355 e. The summed E-state index contributed by atoms with van der Waals surface area (Å²) in [6.07, 6.45) is 1.06. The summed E-state index contributed by atoms with van der Waals surface area (Å²) in [7, 11) is 2.11. The Bertz CT molecular complexity index is 830. The second-order valence-corrected chi connectivity index (χ2v) is 6.06. The van der Waals surface area contributed by atoms with Gasteiger partial charge in [0.25, 0.3) is 5.69 Å². The van der Waals surface area contributed by atoms with Gasteiger partial charge in [0, 0.05) is 36.7 Å². The SMILES string of the molecule is CCN(C)C1CCN(c2cc(C#N)c3cc([N+](=O)[O-])ccc3n2)C1. The second-order valence-electron chi connectivity index (χ2n) is 6.06. The van der Waals surface area contributed by atoms with E-state index in [-0.39, 0.29) is 5.69 Å². The van der Waals surface area contributed by atoms with Gasteiger partial charge >= 0.3 is 0 Å². The van der Waals surface area contributed by atoms with Gasteiger partial charge in [0.1, 0.15) is 5.82 Å². The number of anilines is 1. The molecule has 1 aliphatic rings. The maximum atomic E-state index is 10.9. The molecule has 1 saturated heterocycles. The van der Waals surface area contributed by atoms with E-state index in [1.807, 2.05) is 0 Å². The summed E-state index contributed by atoms with van der Waals surface area (Å²) in [5.41, 5.74) is 1.01. The number of nitrogens with zero attached hydrogens (tertiary/aromatic N) is 5. The highest BCUT2D eigenvalue weighted by atomic mass is 16.6. The number of nitro groups is 1. The summed E-state index contributed by atoms with van der Waals surface area (Å²) in [5, 5.41) is 20.9. The molecule has 7 heteroatoms. The van der Waals surface area contributed by atoms with E-state index >= 15 is 0 Å². The van der Waals surface area contributed by atoms with Gasteiger partial charge in [-0.05, 0) is 32.1 Å². The fraction of sp³-hybridized carbons (Fsp3) is 0.412. The fourth-order valence-electron chi connectivity index (χ4n) is 3.14. The molecule has 24 heavy (non-hydrogen) atoms. The van der Waals surface area contributed by atoms with Crippen molar-refractivity contribution in [3.8, 4) is 6.07 Å². The van der Waals surface area contributed by atoms with Crippen molar-refractivity contribution in [2.75, 3.05) is 31.6 Å². The van der Waals surface area contributed by atoms with Gasteiger partial charge in [0.15, 0.2) is 0 Å². The average molecular weight is 325 g/mol. The summed E-state index contributed by atoms with van der Waals surface area (Å²) in [5.74, 6) is 0.764. The fourth-order valence-corrected chi connectivity index (χ4v) is 3.14. The summed E-state index contributed by atoms with van der Waals surface area (Å²) in [6, 6.07) is 8.83. The molecule has 0 radical (unpaired) electrons. The van der Waals surface area contributed by atoms with Crippen molar-refractivity contribution >= 4 is 22.4 Å². The minimum Gasteiger partial charge on any atom is -0.355 e. The highest BCUT2D eigenvalue weighted by molar-refractivity contribution is 5.88. The Kier molecular flexibility index (Phi) is 4.32. The van der Waals surface area contributed by atoms with Crippen LogP contribution in [0.25, 0.3) is 10.9 Å². The first kappa shape index (κ1) is 16.1. The van der Waals surface area contributed by atoms with Crippen LogP contribution in [0.4, 0.5) is 11.5 Å². The number of pyridine rings is 1. The van der Waals surface area contributed by atoms with Gasteiger partial charge in [-0.3, -0.25) is 10.1 Å². The molecule has 1 aromatic heterocycles. The van der Waals surface area contributed by atoms with Crippen LogP contribution in [0, 0.1) is 21.4 Å². The van der Waals surface area contributed by atoms with Crippen LogP contribution < -0.4 is 4.90 Å². The Labute approximate surface area is 140 Å². The number of hydrogen-bond donors (Lipinski definition) is 0. The highest BCUT2D eigenvalue weighted by Gasteiger charge is 2.26. The minimum absolute atomic E-state index is 0.0284. The lowest BCUT2D eigenvalue weighted by Gasteiger charge is -2.23. The summed E-state index contributed by atoms with van der Waals surface area (Å²) < 4.78 is 0. The highest BCUT2D eigenvalue weighted by Crippen LogP contribution is 2.28. The van der Waals surface area contributed by atoms with Crippen molar-refractivity contribution in [1.29, 1.82) is 5.26 Å². The first-order valence-corrected chi connectivity index (χ1v) is 7.98. The van der Waals surface area contributed by atoms with Crippen LogP contribution in [-0.2, 0) is 0 Å². The molecule has 1 atom stereocenters. The zero-order chi connectivity index (χ0) is 17.3. The van der Waals surface area contributed by atoms with Gasteiger partial charge in [0.05, 0.1) is 22.1 Å². The lowest BCUT2D eigenvalue weighted by Crippen LogP contribution is -2.34. The number of rotatable bonds is 4. The maximum absolute atomic E-state index is 10.9. The third kappa shape index (κ3) is 2.88. The third-order valence-corrected chi connectivity index (χ3v) is 4.72. The Morgan fingerprint density at radius 1 is 1.50 bits per heavy atom. The van der Waals surface area contributed by atoms with Gasteiger partial charge in [-0.25, -0.2) is 4.98 Å². The normalized spacial score (nSPS) is 17.4. The zero-order valence-corrected chi connectivity index (χ0v) is 13.8. The van der Waals surface area contributed by atoms with E-state index < -0.39 is 4.92 Å². The quantitative estimate of drug-likeness (QED) is 0.634. The van der Waals surface area contributed by atoms with Crippen LogP contribution in [0.15, 0.2) is 24.3 Å². The Morgan fingerprint density at radius 2 is 2.29 bits per heavy atom. The van der Waals surface area contributed by atoms with Crippen molar-refractivity contribution in [1.82, 2.24) is 9.88 Å². The molecule has 0 bridgehead atoms. The van der Waals surface area contributed by atoms with Gasteiger partial charge in [0.2, 0.25) is 0 Å². The lowest BCUT2D eigenvalue weighted by molar-refractivity contribution is -0.384. The molecule has 0 saturated carbocycles. The van der Waals surface area contributed by atoms with E-state index in [1.54, 1.807) is 12.1 Å². The van der Waals surface area contributed by atoms with Gasteiger partial charge in [-0.2, -0.15) is 5.26 Å². The minimum atomic E-state index is -0.458. The standard InChI is InChI=1S/C17H19N5O2/c1-3-20(2)14-6-7-21(11-14)17-8-12(10-18)15-9-13(22(23)24)4-5-16(15)19-17/h4-5,8-9,14H,3,6-7,11H2,1-2H3. The Hall–Kier alpha value is -2.72. The third-order valence-electron chi connectivity index (χ3n) is 4.72. The first-order chi connectivity index (χ1) is 11.5. The molecule has 1 unspecified atom stereocenters. The van der Waals surface area contributed by atoms with E-state index in [0.29, 0.717) is 22.5 Å². The Morgan fingerprint density at radius 3 is 2.96 bits per heavy atom. The maximum Gasteiger partial charge on any atom is 0.270 e. The average Bonchev–Trinajstić information content (AvgIpc) is 3.09.